The minimum atomic E-state index is -0.534. The fourth-order valence-electron chi connectivity index (χ4n) is 3.35. The summed E-state index contributed by atoms with van der Waals surface area (Å²) in [6.45, 7) is 4.21. The summed E-state index contributed by atoms with van der Waals surface area (Å²) in [5.74, 6) is -0.606. The van der Waals surface area contributed by atoms with Crippen LogP contribution in [0.5, 0.6) is 0 Å². The summed E-state index contributed by atoms with van der Waals surface area (Å²) in [6, 6.07) is 19.3. The molecule has 1 N–H and O–H groups in total. The lowest BCUT2D eigenvalue weighted by molar-refractivity contribution is -0.113. The van der Waals surface area contributed by atoms with Gasteiger partial charge in [0.05, 0.1) is 28.0 Å². The molecule has 0 aliphatic heterocycles. The van der Waals surface area contributed by atoms with Crippen LogP contribution in [0, 0.1) is 5.82 Å². The molecule has 1 aromatic heterocycles. The Bertz CT molecular complexity index is 1390. The third-order valence-corrected chi connectivity index (χ3v) is 6.53. The van der Waals surface area contributed by atoms with Crippen LogP contribution in [0.25, 0.3) is 16.6 Å². The molecule has 168 valence electrons. The number of hydrogen-bond donors (Lipinski definition) is 1. The van der Waals surface area contributed by atoms with Crippen molar-refractivity contribution in [2.75, 3.05) is 11.1 Å². The van der Waals surface area contributed by atoms with E-state index in [1.165, 1.54) is 16.7 Å². The van der Waals surface area contributed by atoms with Gasteiger partial charge in [-0.3, -0.25) is 14.2 Å². The number of hydrogen-bond acceptors (Lipinski definition) is 4. The van der Waals surface area contributed by atoms with E-state index < -0.39 is 11.7 Å². The first-order valence-corrected chi connectivity index (χ1v) is 12.1. The van der Waals surface area contributed by atoms with Crippen LogP contribution in [0.4, 0.5) is 10.1 Å². The number of halogens is 2. The summed E-state index contributed by atoms with van der Waals surface area (Å²) in [7, 11) is 0. The molecule has 3 aromatic carbocycles. The smallest absolute Gasteiger partial charge is 0.266 e. The number of benzene rings is 3. The standard InChI is InChI=1S/C25H21BrFN3O2S/c1-15(2)16-7-10-18(11-8-16)30-24(32)19-5-3-4-6-21(19)29-25(30)33-14-23(31)28-22-12-9-17(26)13-20(22)27/h3-13,15H,14H2,1-2H3,(H,28,31). The van der Waals surface area contributed by atoms with Crippen molar-refractivity contribution >= 4 is 50.2 Å². The second-order valence-corrected chi connectivity index (χ2v) is 9.62. The van der Waals surface area contributed by atoms with Crippen molar-refractivity contribution in [3.63, 3.8) is 0 Å². The average molecular weight is 526 g/mol. The van der Waals surface area contributed by atoms with Crippen LogP contribution in [-0.2, 0) is 4.79 Å². The maximum Gasteiger partial charge on any atom is 0.266 e. The lowest BCUT2D eigenvalue weighted by atomic mass is 10.0. The van der Waals surface area contributed by atoms with E-state index in [1.807, 2.05) is 30.3 Å². The van der Waals surface area contributed by atoms with E-state index in [-0.39, 0.29) is 17.0 Å². The van der Waals surface area contributed by atoms with E-state index in [4.69, 9.17) is 0 Å². The first-order valence-electron chi connectivity index (χ1n) is 10.3. The van der Waals surface area contributed by atoms with E-state index in [9.17, 15) is 14.0 Å². The lowest BCUT2D eigenvalue weighted by Crippen LogP contribution is -2.23. The molecular weight excluding hydrogens is 505 g/mol. The van der Waals surface area contributed by atoms with Crippen LogP contribution in [0.2, 0.25) is 0 Å². The van der Waals surface area contributed by atoms with Gasteiger partial charge < -0.3 is 5.32 Å². The molecule has 0 saturated heterocycles. The molecule has 0 aliphatic rings. The number of aromatic nitrogens is 2. The Balaban J connectivity index is 1.66. The van der Waals surface area contributed by atoms with Gasteiger partial charge in [0.25, 0.3) is 5.56 Å². The van der Waals surface area contributed by atoms with Crippen LogP contribution in [0.15, 0.2) is 81.2 Å². The van der Waals surface area contributed by atoms with Crippen molar-refractivity contribution in [3.05, 3.63) is 92.9 Å². The molecule has 0 unspecified atom stereocenters. The molecule has 0 saturated carbocycles. The zero-order valence-electron chi connectivity index (χ0n) is 18.0. The van der Waals surface area contributed by atoms with Crippen molar-refractivity contribution in [2.24, 2.45) is 0 Å². The molecule has 0 spiro atoms. The molecule has 0 aliphatic carbocycles. The van der Waals surface area contributed by atoms with E-state index in [1.54, 1.807) is 24.3 Å². The predicted octanol–water partition coefficient (Wildman–Crippen LogP) is 6.14. The minimum Gasteiger partial charge on any atom is -0.323 e. The molecule has 0 radical (unpaired) electrons. The number of rotatable bonds is 6. The number of carbonyl (C=O) groups is 1. The van der Waals surface area contributed by atoms with Gasteiger partial charge in [-0.05, 0) is 53.9 Å². The Morgan fingerprint density at radius 2 is 1.85 bits per heavy atom. The lowest BCUT2D eigenvalue weighted by Gasteiger charge is -2.14. The molecule has 8 heteroatoms. The van der Waals surface area contributed by atoms with Gasteiger partial charge in [0.15, 0.2) is 5.16 Å². The molecule has 4 aromatic rings. The second kappa shape index (κ2) is 9.89. The molecular formula is C25H21BrFN3O2S. The Morgan fingerprint density at radius 1 is 1.12 bits per heavy atom. The molecule has 4 rings (SSSR count). The number of amides is 1. The third-order valence-electron chi connectivity index (χ3n) is 5.10. The Morgan fingerprint density at radius 3 is 2.55 bits per heavy atom. The predicted molar refractivity (Wildman–Crippen MR) is 135 cm³/mol. The summed E-state index contributed by atoms with van der Waals surface area (Å²) >= 11 is 4.32. The Labute approximate surface area is 203 Å². The Hall–Kier alpha value is -2.97. The van der Waals surface area contributed by atoms with Crippen LogP contribution < -0.4 is 10.9 Å². The third kappa shape index (κ3) is 5.17. The quantitative estimate of drug-likeness (QED) is 0.242. The normalized spacial score (nSPS) is 11.2. The first-order chi connectivity index (χ1) is 15.8. The Kier molecular flexibility index (Phi) is 6.95. The fourth-order valence-corrected chi connectivity index (χ4v) is 4.50. The zero-order valence-corrected chi connectivity index (χ0v) is 20.4. The summed E-state index contributed by atoms with van der Waals surface area (Å²) in [4.78, 5) is 30.5. The maximum absolute atomic E-state index is 14.1. The van der Waals surface area contributed by atoms with Crippen molar-refractivity contribution in [1.29, 1.82) is 0 Å². The van der Waals surface area contributed by atoms with E-state index >= 15 is 0 Å². The summed E-state index contributed by atoms with van der Waals surface area (Å²) in [5, 5.41) is 3.46. The highest BCUT2D eigenvalue weighted by atomic mass is 79.9. The van der Waals surface area contributed by atoms with Crippen LogP contribution in [0.3, 0.4) is 0 Å². The fraction of sp³-hybridized carbons (Fsp3) is 0.160. The molecule has 0 fully saturated rings. The van der Waals surface area contributed by atoms with E-state index in [0.717, 1.165) is 17.3 Å². The van der Waals surface area contributed by atoms with Crippen LogP contribution in [0.1, 0.15) is 25.3 Å². The number of thioether (sulfide) groups is 1. The van der Waals surface area contributed by atoms with Gasteiger partial charge in [-0.2, -0.15) is 0 Å². The largest absolute Gasteiger partial charge is 0.323 e. The number of nitrogens with zero attached hydrogens (tertiary/aromatic N) is 2. The van der Waals surface area contributed by atoms with Crippen molar-refractivity contribution in [2.45, 2.75) is 24.9 Å². The number of fused-ring (bicyclic) bond motifs is 1. The van der Waals surface area contributed by atoms with E-state index in [0.29, 0.717) is 32.1 Å². The van der Waals surface area contributed by atoms with Crippen LogP contribution >= 0.6 is 27.7 Å². The molecule has 33 heavy (non-hydrogen) atoms. The summed E-state index contributed by atoms with van der Waals surface area (Å²) in [5.41, 5.74) is 2.27. The monoisotopic (exact) mass is 525 g/mol. The minimum absolute atomic E-state index is 0.0373. The first kappa shape index (κ1) is 23.2. The summed E-state index contributed by atoms with van der Waals surface area (Å²) < 4.78 is 16.2. The molecule has 1 heterocycles. The maximum atomic E-state index is 14.1. The summed E-state index contributed by atoms with van der Waals surface area (Å²) in [6.07, 6.45) is 0. The van der Waals surface area contributed by atoms with Gasteiger partial charge in [-0.1, -0.05) is 65.8 Å². The van der Waals surface area contributed by atoms with Crippen molar-refractivity contribution in [1.82, 2.24) is 9.55 Å². The number of nitrogens with one attached hydrogen (secondary N) is 1. The van der Waals surface area contributed by atoms with Crippen LogP contribution in [-0.4, -0.2) is 21.2 Å². The SMILES string of the molecule is CC(C)c1ccc(-n2c(SCC(=O)Nc3ccc(Br)cc3F)nc3ccccc3c2=O)cc1. The van der Waals surface area contributed by atoms with Crippen molar-refractivity contribution in [3.8, 4) is 5.69 Å². The molecule has 0 atom stereocenters. The van der Waals surface area contributed by atoms with Gasteiger partial charge >= 0.3 is 0 Å². The number of carbonyl (C=O) groups excluding carboxylic acids is 1. The topological polar surface area (TPSA) is 64.0 Å². The number of para-hydroxylation sites is 1. The average Bonchev–Trinajstić information content (AvgIpc) is 2.80. The molecule has 5 nitrogen and oxygen atoms in total. The van der Waals surface area contributed by atoms with E-state index in [2.05, 4.69) is 40.1 Å². The van der Waals surface area contributed by atoms with Gasteiger partial charge in [-0.25, -0.2) is 9.37 Å². The molecule has 1 amide bonds. The van der Waals surface area contributed by atoms with Crippen molar-refractivity contribution < 1.29 is 9.18 Å². The highest BCUT2D eigenvalue weighted by molar-refractivity contribution is 9.10. The van der Waals surface area contributed by atoms with Gasteiger partial charge in [-0.15, -0.1) is 0 Å². The van der Waals surface area contributed by atoms with Gasteiger partial charge in [0.1, 0.15) is 5.82 Å². The second-order valence-electron chi connectivity index (χ2n) is 7.76. The molecule has 0 bridgehead atoms. The van der Waals surface area contributed by atoms with Gasteiger partial charge in [0, 0.05) is 4.47 Å². The number of anilines is 1. The highest BCUT2D eigenvalue weighted by Crippen LogP contribution is 2.24. The highest BCUT2D eigenvalue weighted by Gasteiger charge is 2.16. The zero-order chi connectivity index (χ0) is 23.5. The van der Waals surface area contributed by atoms with Gasteiger partial charge in [0.2, 0.25) is 5.91 Å².